The molecule has 0 bridgehead atoms. The van der Waals surface area contributed by atoms with Gasteiger partial charge in [0.25, 0.3) is 0 Å². The summed E-state index contributed by atoms with van der Waals surface area (Å²) in [5.74, 6) is -0.101. The van der Waals surface area contributed by atoms with Crippen molar-refractivity contribution in [3.8, 4) is 0 Å². The minimum Gasteiger partial charge on any atom is -0.325 e. The number of benzene rings is 2. The number of halogens is 1. The number of anilines is 1. The van der Waals surface area contributed by atoms with Gasteiger partial charge in [0.2, 0.25) is 15.9 Å². The van der Waals surface area contributed by atoms with Gasteiger partial charge in [-0.2, -0.15) is 0 Å². The van der Waals surface area contributed by atoms with E-state index in [9.17, 15) is 13.2 Å². The first kappa shape index (κ1) is 18.9. The molecule has 7 heteroatoms. The van der Waals surface area contributed by atoms with Gasteiger partial charge in [-0.1, -0.05) is 23.7 Å². The summed E-state index contributed by atoms with van der Waals surface area (Å²) >= 11 is 6.05. The Balaban J connectivity index is 1.75. The van der Waals surface area contributed by atoms with Crippen LogP contribution in [0.3, 0.4) is 0 Å². The van der Waals surface area contributed by atoms with Crippen LogP contribution in [0.1, 0.15) is 32.3 Å². The Kier molecular flexibility index (Phi) is 5.10. The van der Waals surface area contributed by atoms with Crippen LogP contribution >= 0.6 is 11.6 Å². The van der Waals surface area contributed by atoms with Gasteiger partial charge in [-0.3, -0.25) is 4.79 Å². The zero-order valence-electron chi connectivity index (χ0n) is 14.6. The molecule has 0 aromatic heterocycles. The van der Waals surface area contributed by atoms with Crippen LogP contribution in [-0.2, 0) is 20.2 Å². The molecule has 138 valence electrons. The third-order valence-corrected chi connectivity index (χ3v) is 6.28. The maximum Gasteiger partial charge on any atom is 0.240 e. The molecule has 0 atom stereocenters. The lowest BCUT2D eigenvalue weighted by molar-refractivity contribution is -0.118. The topological polar surface area (TPSA) is 75.3 Å². The van der Waals surface area contributed by atoms with Gasteiger partial charge in [0.1, 0.15) is 0 Å². The van der Waals surface area contributed by atoms with Gasteiger partial charge in [0.05, 0.1) is 10.3 Å². The van der Waals surface area contributed by atoms with Gasteiger partial charge in [-0.15, -0.1) is 0 Å². The van der Waals surface area contributed by atoms with Crippen LogP contribution < -0.4 is 10.0 Å². The van der Waals surface area contributed by atoms with Crippen molar-refractivity contribution in [3.05, 3.63) is 59.1 Å². The quantitative estimate of drug-likeness (QED) is 0.787. The Morgan fingerprint density at radius 2 is 1.77 bits per heavy atom. The second-order valence-corrected chi connectivity index (χ2v) is 9.00. The molecule has 1 saturated carbocycles. The Morgan fingerprint density at radius 3 is 2.31 bits per heavy atom. The second kappa shape index (κ2) is 7.02. The average Bonchev–Trinajstić information content (AvgIpc) is 3.36. The minimum absolute atomic E-state index is 0.101. The van der Waals surface area contributed by atoms with Crippen molar-refractivity contribution >= 4 is 33.2 Å². The Morgan fingerprint density at radius 1 is 1.12 bits per heavy atom. The van der Waals surface area contributed by atoms with Gasteiger partial charge in [-0.05, 0) is 68.7 Å². The summed E-state index contributed by atoms with van der Waals surface area (Å²) in [4.78, 5) is 12.9. The molecule has 1 aliphatic rings. The molecule has 1 aliphatic carbocycles. The highest BCUT2D eigenvalue weighted by atomic mass is 35.5. The molecule has 3 rings (SSSR count). The maximum atomic E-state index is 12.8. The number of sulfonamides is 1. The summed E-state index contributed by atoms with van der Waals surface area (Å²) in [7, 11) is -3.55. The van der Waals surface area contributed by atoms with Gasteiger partial charge in [-0.25, -0.2) is 13.1 Å². The van der Waals surface area contributed by atoms with Crippen molar-refractivity contribution in [3.63, 3.8) is 0 Å². The molecule has 0 radical (unpaired) electrons. The fourth-order valence-electron chi connectivity index (χ4n) is 2.90. The van der Waals surface area contributed by atoms with Crippen LogP contribution in [0.2, 0.25) is 5.02 Å². The predicted octanol–water partition coefficient (Wildman–Crippen LogP) is 3.70. The minimum atomic E-state index is -3.55. The zero-order chi connectivity index (χ0) is 18.9. The number of nitrogens with one attached hydrogen (secondary N) is 2. The standard InChI is InChI=1S/C19H21ClN2O3S/c1-13(2)22-26(24,25)17-8-6-16(7-9-17)21-18(23)19(10-11-19)14-4-3-5-15(20)12-14/h3-9,12-13,22H,10-11H2,1-2H3,(H,21,23). The summed E-state index contributed by atoms with van der Waals surface area (Å²) in [6, 6.07) is 13.3. The lowest BCUT2D eigenvalue weighted by Gasteiger charge is -2.16. The smallest absolute Gasteiger partial charge is 0.240 e. The first-order chi connectivity index (χ1) is 12.2. The Hall–Kier alpha value is -1.89. The van der Waals surface area contributed by atoms with Crippen LogP contribution in [0.4, 0.5) is 5.69 Å². The van der Waals surface area contributed by atoms with E-state index in [2.05, 4.69) is 10.0 Å². The Labute approximate surface area is 158 Å². The second-order valence-electron chi connectivity index (χ2n) is 6.85. The van der Waals surface area contributed by atoms with Gasteiger partial charge in [0, 0.05) is 16.8 Å². The van der Waals surface area contributed by atoms with Crippen LogP contribution in [-0.4, -0.2) is 20.4 Å². The number of carbonyl (C=O) groups excluding carboxylic acids is 1. The highest BCUT2D eigenvalue weighted by Gasteiger charge is 2.51. The maximum absolute atomic E-state index is 12.8. The monoisotopic (exact) mass is 392 g/mol. The molecule has 0 unspecified atom stereocenters. The number of amides is 1. The molecular weight excluding hydrogens is 372 g/mol. The van der Waals surface area contributed by atoms with Crippen molar-refractivity contribution in [2.45, 2.75) is 43.0 Å². The van der Waals surface area contributed by atoms with E-state index < -0.39 is 15.4 Å². The summed E-state index contributed by atoms with van der Waals surface area (Å²) in [6.45, 7) is 3.52. The first-order valence-electron chi connectivity index (χ1n) is 8.43. The third-order valence-electron chi connectivity index (χ3n) is 4.38. The van der Waals surface area contributed by atoms with Crippen LogP contribution in [0.5, 0.6) is 0 Å². The van der Waals surface area contributed by atoms with E-state index >= 15 is 0 Å². The normalized spacial score (nSPS) is 15.7. The molecule has 0 aliphatic heterocycles. The van der Waals surface area contributed by atoms with Gasteiger partial charge >= 0.3 is 0 Å². The fourth-order valence-corrected chi connectivity index (χ4v) is 4.35. The SMILES string of the molecule is CC(C)NS(=O)(=O)c1ccc(NC(=O)C2(c3cccc(Cl)c3)CC2)cc1. The van der Waals surface area contributed by atoms with E-state index in [1.165, 1.54) is 12.1 Å². The lowest BCUT2D eigenvalue weighted by Crippen LogP contribution is -2.30. The van der Waals surface area contributed by atoms with Crippen molar-refractivity contribution < 1.29 is 13.2 Å². The number of hydrogen-bond donors (Lipinski definition) is 2. The van der Waals surface area contributed by atoms with Crippen LogP contribution in [0, 0.1) is 0 Å². The van der Waals surface area contributed by atoms with E-state index in [1.54, 1.807) is 32.0 Å². The van der Waals surface area contributed by atoms with E-state index in [-0.39, 0.29) is 16.8 Å². The van der Waals surface area contributed by atoms with Crippen molar-refractivity contribution in [1.82, 2.24) is 4.72 Å². The molecule has 0 heterocycles. The van der Waals surface area contributed by atoms with E-state index in [1.807, 2.05) is 18.2 Å². The lowest BCUT2D eigenvalue weighted by atomic mass is 9.95. The number of rotatable bonds is 6. The molecule has 2 aromatic carbocycles. The molecule has 1 fully saturated rings. The van der Waals surface area contributed by atoms with Crippen molar-refractivity contribution in [2.75, 3.05) is 5.32 Å². The van der Waals surface area contributed by atoms with Crippen LogP contribution in [0.25, 0.3) is 0 Å². The van der Waals surface area contributed by atoms with E-state index in [4.69, 9.17) is 11.6 Å². The Bertz CT molecular complexity index is 920. The molecule has 2 N–H and O–H groups in total. The van der Waals surface area contributed by atoms with E-state index in [0.29, 0.717) is 10.7 Å². The molecule has 5 nitrogen and oxygen atoms in total. The van der Waals surface area contributed by atoms with E-state index in [0.717, 1.165) is 18.4 Å². The molecule has 0 saturated heterocycles. The molecule has 2 aromatic rings. The highest BCUT2D eigenvalue weighted by Crippen LogP contribution is 2.49. The molecule has 0 spiro atoms. The molecule has 26 heavy (non-hydrogen) atoms. The van der Waals surface area contributed by atoms with Crippen molar-refractivity contribution in [2.24, 2.45) is 0 Å². The fraction of sp³-hybridized carbons (Fsp3) is 0.316. The summed E-state index contributed by atoms with van der Waals surface area (Å²) in [5, 5.41) is 3.49. The molecule has 1 amide bonds. The summed E-state index contributed by atoms with van der Waals surface area (Å²) in [5.41, 5.74) is 0.920. The van der Waals surface area contributed by atoms with Crippen molar-refractivity contribution in [1.29, 1.82) is 0 Å². The largest absolute Gasteiger partial charge is 0.325 e. The average molecular weight is 393 g/mol. The number of carbonyl (C=O) groups is 1. The summed E-state index contributed by atoms with van der Waals surface area (Å²) < 4.78 is 26.8. The third kappa shape index (κ3) is 3.92. The zero-order valence-corrected chi connectivity index (χ0v) is 16.2. The van der Waals surface area contributed by atoms with Crippen LogP contribution in [0.15, 0.2) is 53.4 Å². The van der Waals surface area contributed by atoms with Gasteiger partial charge < -0.3 is 5.32 Å². The van der Waals surface area contributed by atoms with Gasteiger partial charge in [0.15, 0.2) is 0 Å². The first-order valence-corrected chi connectivity index (χ1v) is 10.3. The highest BCUT2D eigenvalue weighted by molar-refractivity contribution is 7.89. The molecular formula is C19H21ClN2O3S. The summed E-state index contributed by atoms with van der Waals surface area (Å²) in [6.07, 6.45) is 1.54. The predicted molar refractivity (Wildman–Crippen MR) is 103 cm³/mol. The number of hydrogen-bond acceptors (Lipinski definition) is 3.